The van der Waals surface area contributed by atoms with Crippen LogP contribution in [0.25, 0.3) is 0 Å². The van der Waals surface area contributed by atoms with Crippen LogP contribution in [0.1, 0.15) is 6.92 Å². The molecule has 0 radical (unpaired) electrons. The van der Waals surface area contributed by atoms with Crippen molar-refractivity contribution in [1.29, 1.82) is 0 Å². The SMILES string of the molecule is C[C@@H](NNCC(=O)O)C(=O)O. The molecular formula is C5H10N2O4. The van der Waals surface area contributed by atoms with Gasteiger partial charge in [0.1, 0.15) is 12.6 Å². The molecule has 0 aliphatic carbocycles. The van der Waals surface area contributed by atoms with Gasteiger partial charge in [-0.05, 0) is 6.92 Å². The average molecular weight is 162 g/mol. The summed E-state index contributed by atoms with van der Waals surface area (Å²) in [6, 6.07) is -0.797. The Balaban J connectivity index is 3.39. The zero-order valence-corrected chi connectivity index (χ0v) is 6.00. The van der Waals surface area contributed by atoms with Gasteiger partial charge >= 0.3 is 11.9 Å². The van der Waals surface area contributed by atoms with Gasteiger partial charge < -0.3 is 10.2 Å². The first-order valence-electron chi connectivity index (χ1n) is 2.97. The van der Waals surface area contributed by atoms with E-state index in [0.29, 0.717) is 0 Å². The molecule has 0 amide bonds. The molecule has 0 saturated carbocycles. The third kappa shape index (κ3) is 5.31. The van der Waals surface area contributed by atoms with Crippen molar-refractivity contribution in [2.75, 3.05) is 6.54 Å². The minimum Gasteiger partial charge on any atom is -0.480 e. The molecule has 0 aliphatic heterocycles. The Morgan fingerprint density at radius 3 is 2.36 bits per heavy atom. The fourth-order valence-corrected chi connectivity index (χ4v) is 0.341. The van der Waals surface area contributed by atoms with Gasteiger partial charge in [0, 0.05) is 0 Å². The van der Waals surface area contributed by atoms with E-state index in [9.17, 15) is 9.59 Å². The Bertz CT molecular complexity index is 159. The minimum absolute atomic E-state index is 0.308. The van der Waals surface area contributed by atoms with E-state index in [1.54, 1.807) is 0 Å². The van der Waals surface area contributed by atoms with Gasteiger partial charge in [0.15, 0.2) is 0 Å². The molecule has 0 spiro atoms. The number of carbonyl (C=O) groups is 2. The molecule has 6 heteroatoms. The summed E-state index contributed by atoms with van der Waals surface area (Å²) in [6.07, 6.45) is 0. The van der Waals surface area contributed by atoms with Crippen LogP contribution in [0, 0.1) is 0 Å². The van der Waals surface area contributed by atoms with Gasteiger partial charge in [-0.25, -0.2) is 10.9 Å². The first-order valence-corrected chi connectivity index (χ1v) is 2.97. The molecule has 0 aromatic rings. The van der Waals surface area contributed by atoms with Crippen LogP contribution in [0.15, 0.2) is 0 Å². The molecule has 0 heterocycles. The smallest absolute Gasteiger partial charge is 0.321 e. The number of aliphatic carboxylic acids is 2. The molecule has 4 N–H and O–H groups in total. The first kappa shape index (κ1) is 9.86. The summed E-state index contributed by atoms with van der Waals surface area (Å²) in [6.45, 7) is 1.09. The van der Waals surface area contributed by atoms with Gasteiger partial charge in [-0.1, -0.05) is 0 Å². The Labute approximate surface area is 63.2 Å². The number of rotatable bonds is 5. The van der Waals surface area contributed by atoms with E-state index in [0.717, 1.165) is 0 Å². The molecule has 0 fully saturated rings. The fraction of sp³-hybridized carbons (Fsp3) is 0.600. The summed E-state index contributed by atoms with van der Waals surface area (Å²) in [5.41, 5.74) is 4.52. The van der Waals surface area contributed by atoms with E-state index >= 15 is 0 Å². The lowest BCUT2D eigenvalue weighted by Gasteiger charge is -2.07. The monoisotopic (exact) mass is 162 g/mol. The lowest BCUT2D eigenvalue weighted by atomic mass is 10.4. The fourth-order valence-electron chi connectivity index (χ4n) is 0.341. The van der Waals surface area contributed by atoms with Crippen molar-refractivity contribution in [3.63, 3.8) is 0 Å². The van der Waals surface area contributed by atoms with Crippen LogP contribution in [0.2, 0.25) is 0 Å². The van der Waals surface area contributed by atoms with Crippen molar-refractivity contribution in [2.45, 2.75) is 13.0 Å². The largest absolute Gasteiger partial charge is 0.480 e. The summed E-state index contributed by atoms with van der Waals surface area (Å²) < 4.78 is 0. The zero-order chi connectivity index (χ0) is 8.85. The van der Waals surface area contributed by atoms with Crippen LogP contribution in [0.3, 0.4) is 0 Å². The molecule has 0 rings (SSSR count). The van der Waals surface area contributed by atoms with E-state index in [1.807, 2.05) is 0 Å². The number of nitrogens with one attached hydrogen (secondary N) is 2. The highest BCUT2D eigenvalue weighted by Crippen LogP contribution is 1.75. The zero-order valence-electron chi connectivity index (χ0n) is 6.00. The van der Waals surface area contributed by atoms with E-state index in [-0.39, 0.29) is 6.54 Å². The predicted molar refractivity (Wildman–Crippen MR) is 35.9 cm³/mol. The topological polar surface area (TPSA) is 98.7 Å². The number of hydrogen-bond donors (Lipinski definition) is 4. The van der Waals surface area contributed by atoms with Gasteiger partial charge in [-0.2, -0.15) is 0 Å². The molecule has 64 valence electrons. The van der Waals surface area contributed by atoms with Crippen LogP contribution < -0.4 is 10.9 Å². The van der Waals surface area contributed by atoms with E-state index in [2.05, 4.69) is 10.9 Å². The molecule has 0 saturated heterocycles. The van der Waals surface area contributed by atoms with Gasteiger partial charge in [-0.3, -0.25) is 9.59 Å². The van der Waals surface area contributed by atoms with E-state index < -0.39 is 18.0 Å². The first-order chi connectivity index (χ1) is 5.04. The Morgan fingerprint density at radius 2 is 2.00 bits per heavy atom. The third-order valence-corrected chi connectivity index (χ3v) is 0.929. The van der Waals surface area contributed by atoms with Crippen LogP contribution in [-0.2, 0) is 9.59 Å². The van der Waals surface area contributed by atoms with Crippen molar-refractivity contribution in [2.24, 2.45) is 0 Å². The average Bonchev–Trinajstić information content (AvgIpc) is 1.86. The number of hydrogen-bond acceptors (Lipinski definition) is 4. The van der Waals surface area contributed by atoms with Gasteiger partial charge in [-0.15, -0.1) is 0 Å². The van der Waals surface area contributed by atoms with Crippen molar-refractivity contribution in [3.8, 4) is 0 Å². The van der Waals surface area contributed by atoms with Crippen molar-refractivity contribution >= 4 is 11.9 Å². The summed E-state index contributed by atoms with van der Waals surface area (Å²) in [5.74, 6) is -2.09. The Kier molecular flexibility index (Phi) is 4.16. The number of hydrazine groups is 1. The van der Waals surface area contributed by atoms with Crippen LogP contribution >= 0.6 is 0 Å². The van der Waals surface area contributed by atoms with Crippen molar-refractivity contribution < 1.29 is 19.8 Å². The van der Waals surface area contributed by atoms with Gasteiger partial charge in [0.05, 0.1) is 0 Å². The van der Waals surface area contributed by atoms with Crippen LogP contribution in [0.5, 0.6) is 0 Å². The second kappa shape index (κ2) is 4.64. The second-order valence-electron chi connectivity index (χ2n) is 1.95. The molecule has 0 bridgehead atoms. The van der Waals surface area contributed by atoms with E-state index in [1.165, 1.54) is 6.92 Å². The molecular weight excluding hydrogens is 152 g/mol. The van der Waals surface area contributed by atoms with Crippen LogP contribution in [-0.4, -0.2) is 34.7 Å². The number of carboxylic acid groups (broad SMARTS) is 2. The highest BCUT2D eigenvalue weighted by Gasteiger charge is 2.08. The lowest BCUT2D eigenvalue weighted by Crippen LogP contribution is -2.45. The third-order valence-electron chi connectivity index (χ3n) is 0.929. The maximum Gasteiger partial charge on any atom is 0.321 e. The van der Waals surface area contributed by atoms with E-state index in [4.69, 9.17) is 10.2 Å². The molecule has 0 aromatic heterocycles. The summed E-state index contributed by atoms with van der Waals surface area (Å²) in [7, 11) is 0. The van der Waals surface area contributed by atoms with Gasteiger partial charge in [0.25, 0.3) is 0 Å². The van der Waals surface area contributed by atoms with Crippen molar-refractivity contribution in [1.82, 2.24) is 10.9 Å². The minimum atomic E-state index is -1.05. The second-order valence-corrected chi connectivity index (χ2v) is 1.95. The Morgan fingerprint density at radius 1 is 1.45 bits per heavy atom. The maximum absolute atomic E-state index is 10.1. The standard InChI is InChI=1S/C5H10N2O4/c1-3(5(10)11)7-6-2-4(8)9/h3,6-7H,2H2,1H3,(H,8,9)(H,10,11)/t3-/m1/s1. The quantitative estimate of drug-likeness (QED) is 0.372. The summed E-state index contributed by atoms with van der Waals surface area (Å²) in [5, 5.41) is 16.4. The molecule has 0 aliphatic rings. The normalized spacial score (nSPS) is 12.5. The molecule has 0 unspecified atom stereocenters. The van der Waals surface area contributed by atoms with Crippen molar-refractivity contribution in [3.05, 3.63) is 0 Å². The lowest BCUT2D eigenvalue weighted by molar-refractivity contribution is -0.140. The predicted octanol–water partition coefficient (Wildman–Crippen LogP) is -1.36. The summed E-state index contributed by atoms with van der Waals surface area (Å²) >= 11 is 0. The number of carboxylic acids is 2. The highest BCUT2D eigenvalue weighted by molar-refractivity contribution is 5.73. The highest BCUT2D eigenvalue weighted by atomic mass is 16.4. The Hall–Kier alpha value is -1.14. The van der Waals surface area contributed by atoms with Gasteiger partial charge in [0.2, 0.25) is 0 Å². The summed E-state index contributed by atoms with van der Waals surface area (Å²) in [4.78, 5) is 20.0. The van der Waals surface area contributed by atoms with Crippen LogP contribution in [0.4, 0.5) is 0 Å². The molecule has 1 atom stereocenters. The molecule has 0 aromatic carbocycles. The maximum atomic E-state index is 10.1. The molecule has 6 nitrogen and oxygen atoms in total. The molecule has 11 heavy (non-hydrogen) atoms.